The summed E-state index contributed by atoms with van der Waals surface area (Å²) in [6.45, 7) is 1.75. The van der Waals surface area contributed by atoms with E-state index in [4.69, 9.17) is 4.98 Å². The number of rotatable bonds is 7. The number of fused-ring (bicyclic) bond motifs is 1. The monoisotopic (exact) mass is 456 g/mol. The molecular formula is C27H32N6O. The van der Waals surface area contributed by atoms with E-state index in [0.717, 1.165) is 63.0 Å². The summed E-state index contributed by atoms with van der Waals surface area (Å²) < 4.78 is 2.18. The van der Waals surface area contributed by atoms with Gasteiger partial charge in [-0.1, -0.05) is 42.5 Å². The maximum absolute atomic E-state index is 13.1. The molecule has 34 heavy (non-hydrogen) atoms. The van der Waals surface area contributed by atoms with Crippen LogP contribution in [0.5, 0.6) is 0 Å². The molecule has 1 aliphatic carbocycles. The molecule has 7 heteroatoms. The first-order valence-corrected chi connectivity index (χ1v) is 12.2. The third-order valence-corrected chi connectivity index (χ3v) is 6.75. The molecule has 176 valence electrons. The van der Waals surface area contributed by atoms with Crippen LogP contribution in [-0.4, -0.2) is 38.7 Å². The number of amides is 1. The van der Waals surface area contributed by atoms with Crippen LogP contribution in [0.4, 0.5) is 0 Å². The van der Waals surface area contributed by atoms with E-state index in [1.165, 1.54) is 16.8 Å². The van der Waals surface area contributed by atoms with E-state index in [1.807, 2.05) is 24.3 Å². The van der Waals surface area contributed by atoms with E-state index in [-0.39, 0.29) is 11.8 Å². The fourth-order valence-corrected chi connectivity index (χ4v) is 4.82. The fourth-order valence-electron chi connectivity index (χ4n) is 4.82. The number of aryl methyl sites for hydroxylation is 3. The van der Waals surface area contributed by atoms with Crippen LogP contribution in [0.25, 0.3) is 17.8 Å². The number of aromatic nitrogens is 4. The number of hydrogen-bond acceptors (Lipinski definition) is 4. The molecule has 3 aromatic rings. The number of allylic oxidation sites excluding steroid dienone is 1. The molecular weight excluding hydrogens is 424 g/mol. The molecule has 2 aliphatic rings. The molecule has 0 saturated carbocycles. The highest BCUT2D eigenvalue weighted by molar-refractivity contribution is 5.93. The third kappa shape index (κ3) is 5.04. The van der Waals surface area contributed by atoms with Gasteiger partial charge in [0.25, 0.3) is 0 Å². The zero-order valence-corrected chi connectivity index (χ0v) is 19.7. The molecule has 3 heterocycles. The van der Waals surface area contributed by atoms with Gasteiger partial charge in [-0.2, -0.15) is 5.10 Å². The van der Waals surface area contributed by atoms with Crippen LogP contribution < -0.4 is 10.6 Å². The lowest BCUT2D eigenvalue weighted by molar-refractivity contribution is -0.124. The second kappa shape index (κ2) is 10.2. The van der Waals surface area contributed by atoms with E-state index in [0.29, 0.717) is 11.5 Å². The van der Waals surface area contributed by atoms with E-state index in [1.54, 1.807) is 0 Å². The summed E-state index contributed by atoms with van der Waals surface area (Å²) in [4.78, 5) is 17.9. The molecule has 5 rings (SSSR count). The molecule has 2 aromatic heterocycles. The minimum Gasteiger partial charge on any atom is -0.353 e. The summed E-state index contributed by atoms with van der Waals surface area (Å²) in [7, 11) is 2.08. The SMILES string of the molecule is Cn1cc(/C=C(/NC(=O)C2CCNCC2)c2n[nH]c(CCc3ccccc3)n2)c2c1CCC=C2. The van der Waals surface area contributed by atoms with Crippen molar-refractivity contribution in [2.75, 3.05) is 13.1 Å². The minimum absolute atomic E-state index is 0.00530. The van der Waals surface area contributed by atoms with Gasteiger partial charge in [0, 0.05) is 42.4 Å². The van der Waals surface area contributed by atoms with Gasteiger partial charge < -0.3 is 15.2 Å². The van der Waals surface area contributed by atoms with Gasteiger partial charge in [-0.15, -0.1) is 0 Å². The van der Waals surface area contributed by atoms with E-state index < -0.39 is 0 Å². The van der Waals surface area contributed by atoms with Gasteiger partial charge >= 0.3 is 0 Å². The summed E-state index contributed by atoms with van der Waals surface area (Å²) in [5.41, 5.74) is 5.51. The maximum Gasteiger partial charge on any atom is 0.227 e. The van der Waals surface area contributed by atoms with Crippen molar-refractivity contribution in [2.24, 2.45) is 13.0 Å². The van der Waals surface area contributed by atoms with Crippen molar-refractivity contribution in [1.82, 2.24) is 30.4 Å². The Balaban J connectivity index is 1.41. The van der Waals surface area contributed by atoms with Crippen LogP contribution >= 0.6 is 0 Å². The van der Waals surface area contributed by atoms with E-state index in [2.05, 4.69) is 62.9 Å². The van der Waals surface area contributed by atoms with Crippen molar-refractivity contribution in [1.29, 1.82) is 0 Å². The van der Waals surface area contributed by atoms with Crippen LogP contribution in [0.15, 0.2) is 42.6 Å². The van der Waals surface area contributed by atoms with Crippen LogP contribution in [0.3, 0.4) is 0 Å². The highest BCUT2D eigenvalue weighted by atomic mass is 16.1. The van der Waals surface area contributed by atoms with Crippen molar-refractivity contribution in [2.45, 2.75) is 38.5 Å². The van der Waals surface area contributed by atoms with E-state index in [9.17, 15) is 4.79 Å². The molecule has 1 aliphatic heterocycles. The molecule has 1 amide bonds. The number of nitrogens with zero attached hydrogens (tertiary/aromatic N) is 3. The normalized spacial score (nSPS) is 16.4. The molecule has 7 nitrogen and oxygen atoms in total. The molecule has 0 bridgehead atoms. The predicted octanol–water partition coefficient (Wildman–Crippen LogP) is 3.50. The second-order valence-electron chi connectivity index (χ2n) is 9.16. The van der Waals surface area contributed by atoms with Crippen LogP contribution in [-0.2, 0) is 31.1 Å². The first-order chi connectivity index (χ1) is 16.7. The second-order valence-corrected chi connectivity index (χ2v) is 9.16. The predicted molar refractivity (Wildman–Crippen MR) is 135 cm³/mol. The van der Waals surface area contributed by atoms with Crippen molar-refractivity contribution in [3.63, 3.8) is 0 Å². The third-order valence-electron chi connectivity index (χ3n) is 6.75. The molecule has 3 N–H and O–H groups in total. The van der Waals surface area contributed by atoms with Crippen LogP contribution in [0.1, 0.15) is 53.3 Å². The Kier molecular flexibility index (Phi) is 6.72. The number of H-pyrrole nitrogens is 1. The standard InChI is InChI=1S/C27H32N6O/c1-33-18-21(22-9-5-6-10-24(22)33)17-23(29-27(34)20-13-15-28-16-14-20)26-30-25(31-32-26)12-11-19-7-3-2-4-8-19/h2-5,7-9,17-18,20,28H,6,10-16H2,1H3,(H,29,34)(H,30,31,32)/b23-17+. The smallest absolute Gasteiger partial charge is 0.227 e. The van der Waals surface area contributed by atoms with Crippen LogP contribution in [0, 0.1) is 5.92 Å². The fraction of sp³-hybridized carbons (Fsp3) is 0.370. The number of piperidine rings is 1. The molecule has 0 atom stereocenters. The quantitative estimate of drug-likeness (QED) is 0.508. The van der Waals surface area contributed by atoms with Gasteiger partial charge in [0.1, 0.15) is 5.82 Å². The first-order valence-electron chi connectivity index (χ1n) is 12.2. The van der Waals surface area contributed by atoms with Gasteiger partial charge in [-0.05, 0) is 56.8 Å². The van der Waals surface area contributed by atoms with Gasteiger partial charge in [-0.25, -0.2) is 4.98 Å². The molecule has 1 fully saturated rings. The van der Waals surface area contributed by atoms with Crippen molar-refractivity contribution >= 4 is 23.8 Å². The number of benzene rings is 1. The number of carbonyl (C=O) groups is 1. The Morgan fingerprint density at radius 2 is 2.03 bits per heavy atom. The number of carbonyl (C=O) groups excluding carboxylic acids is 1. The number of aromatic amines is 1. The zero-order chi connectivity index (χ0) is 23.3. The molecule has 0 unspecified atom stereocenters. The average Bonchev–Trinajstić information content (AvgIpc) is 3.48. The topological polar surface area (TPSA) is 87.6 Å². The summed E-state index contributed by atoms with van der Waals surface area (Å²) >= 11 is 0. The van der Waals surface area contributed by atoms with E-state index >= 15 is 0 Å². The van der Waals surface area contributed by atoms with Crippen molar-refractivity contribution < 1.29 is 4.79 Å². The lowest BCUT2D eigenvalue weighted by Gasteiger charge is -2.22. The van der Waals surface area contributed by atoms with Crippen LogP contribution in [0.2, 0.25) is 0 Å². The average molecular weight is 457 g/mol. The Bertz CT molecular complexity index is 1200. The lowest BCUT2D eigenvalue weighted by Crippen LogP contribution is -2.37. The van der Waals surface area contributed by atoms with Gasteiger partial charge in [0.05, 0.1) is 5.70 Å². The maximum atomic E-state index is 13.1. The molecule has 0 radical (unpaired) electrons. The summed E-state index contributed by atoms with van der Waals surface area (Å²) in [5, 5.41) is 14.1. The Labute approximate surface area is 200 Å². The molecule has 0 spiro atoms. The largest absolute Gasteiger partial charge is 0.353 e. The first kappa shape index (κ1) is 22.3. The van der Waals surface area contributed by atoms with Crippen molar-refractivity contribution in [3.8, 4) is 0 Å². The van der Waals surface area contributed by atoms with Gasteiger partial charge in [0.15, 0.2) is 5.82 Å². The lowest BCUT2D eigenvalue weighted by atomic mass is 9.97. The number of nitrogens with one attached hydrogen (secondary N) is 3. The number of hydrogen-bond donors (Lipinski definition) is 3. The van der Waals surface area contributed by atoms with Gasteiger partial charge in [0.2, 0.25) is 5.91 Å². The Morgan fingerprint density at radius 3 is 2.85 bits per heavy atom. The Hall–Kier alpha value is -3.45. The van der Waals surface area contributed by atoms with Crippen molar-refractivity contribution in [3.05, 3.63) is 76.6 Å². The zero-order valence-electron chi connectivity index (χ0n) is 19.7. The molecule has 1 aromatic carbocycles. The highest BCUT2D eigenvalue weighted by Gasteiger charge is 2.24. The summed E-state index contributed by atoms with van der Waals surface area (Å²) in [6.07, 6.45) is 14.0. The minimum atomic E-state index is 0.00530. The van der Waals surface area contributed by atoms with Gasteiger partial charge in [-0.3, -0.25) is 9.89 Å². The molecule has 1 saturated heterocycles. The highest BCUT2D eigenvalue weighted by Crippen LogP contribution is 2.27. The summed E-state index contributed by atoms with van der Waals surface area (Å²) in [6, 6.07) is 10.4. The Morgan fingerprint density at radius 1 is 1.21 bits per heavy atom. The summed E-state index contributed by atoms with van der Waals surface area (Å²) in [5.74, 6) is 1.40.